The van der Waals surface area contributed by atoms with Gasteiger partial charge in [-0.1, -0.05) is 12.1 Å². The van der Waals surface area contributed by atoms with Crippen LogP contribution in [0.4, 0.5) is 0 Å². The van der Waals surface area contributed by atoms with Gasteiger partial charge in [-0.3, -0.25) is 0 Å². The van der Waals surface area contributed by atoms with Gasteiger partial charge in [0.15, 0.2) is 0 Å². The second-order valence-corrected chi connectivity index (χ2v) is 7.03. The predicted molar refractivity (Wildman–Crippen MR) is 103 cm³/mol. The van der Waals surface area contributed by atoms with Crippen LogP contribution in [-0.2, 0) is 35.8 Å². The van der Waals surface area contributed by atoms with Crippen molar-refractivity contribution in [3.05, 3.63) is 84.9 Å². The molecule has 0 aliphatic carbocycles. The molecule has 0 saturated carbocycles. The van der Waals surface area contributed by atoms with Crippen LogP contribution >= 0.6 is 0 Å². The van der Waals surface area contributed by atoms with Crippen LogP contribution in [0.25, 0.3) is 21.5 Å². The van der Waals surface area contributed by atoms with Crippen molar-refractivity contribution in [1.29, 1.82) is 0 Å². The van der Waals surface area contributed by atoms with Crippen LogP contribution in [0.5, 0.6) is 0 Å². The van der Waals surface area contributed by atoms with Crippen LogP contribution in [-0.4, -0.2) is 30.7 Å². The average Bonchev–Trinajstić information content (AvgIpc) is 3.32. The Balaban J connectivity index is 0.000000194. The Morgan fingerprint density at radius 3 is 1.50 bits per heavy atom. The molecule has 0 aromatic heterocycles. The van der Waals surface area contributed by atoms with Crippen molar-refractivity contribution in [2.24, 2.45) is 0 Å². The minimum atomic E-state index is -0.953. The van der Waals surface area contributed by atoms with Gasteiger partial charge in [-0.25, -0.2) is 0 Å². The Morgan fingerprint density at radius 1 is 0.692 bits per heavy atom. The molecule has 6 heteroatoms. The Morgan fingerprint density at radius 2 is 1.12 bits per heavy atom. The van der Waals surface area contributed by atoms with Crippen molar-refractivity contribution in [2.45, 2.75) is 0 Å². The number of carbonyl (C=O) groups excluding carboxylic acids is 2. The third kappa shape index (κ3) is 7.56. The minimum absolute atomic E-state index is 0. The van der Waals surface area contributed by atoms with E-state index in [0.717, 1.165) is 0 Å². The molecule has 4 rings (SSSR count). The van der Waals surface area contributed by atoms with Gasteiger partial charge in [0.1, 0.15) is 0 Å². The van der Waals surface area contributed by atoms with E-state index >= 15 is 0 Å². The van der Waals surface area contributed by atoms with Crippen molar-refractivity contribution in [2.75, 3.05) is 0 Å². The van der Waals surface area contributed by atoms with Crippen LogP contribution in [0.15, 0.2) is 84.9 Å². The molecule has 0 unspecified atom stereocenters. The van der Waals surface area contributed by atoms with Gasteiger partial charge in [0.2, 0.25) is 0 Å². The quantitative estimate of drug-likeness (QED) is 0.205. The number of nitrogens with one attached hydrogen (secondary N) is 2. The van der Waals surface area contributed by atoms with Gasteiger partial charge < -0.3 is 0 Å². The summed E-state index contributed by atoms with van der Waals surface area (Å²) in [5, 5.41) is 5.32. The second-order valence-electron chi connectivity index (χ2n) is 5.02. The maximum atomic E-state index is 9.45. The molecule has 0 fully saturated rings. The molecule has 0 aliphatic rings. The molecule has 127 valence electrons. The maximum Gasteiger partial charge on any atom is 2.00 e. The zero-order chi connectivity index (χ0) is 17.7. The zero-order valence-corrected chi connectivity index (χ0v) is 19.0. The summed E-state index contributed by atoms with van der Waals surface area (Å²) in [6.45, 7) is 0. The third-order valence-corrected chi connectivity index (χ3v) is 4.67. The molecule has 0 spiro atoms. The van der Waals surface area contributed by atoms with Gasteiger partial charge in [0.05, 0.1) is 0 Å². The number of carbonyl (C=O) groups is 2. The molecule has 2 N–H and O–H groups in total. The molecule has 1 radical (unpaired) electrons. The van der Waals surface area contributed by atoms with Gasteiger partial charge in [-0.05, 0) is 0 Å². The van der Waals surface area contributed by atoms with Gasteiger partial charge in [0.25, 0.3) is 0 Å². The van der Waals surface area contributed by atoms with Crippen molar-refractivity contribution < 1.29 is 35.8 Å². The van der Waals surface area contributed by atoms with Crippen LogP contribution in [0.3, 0.4) is 0 Å². The molecule has 0 bridgehead atoms. The molecule has 4 nitrogen and oxygen atoms in total. The number of hydrogen-bond donors (Lipinski definition) is 2. The first kappa shape index (κ1) is 22.2. The van der Waals surface area contributed by atoms with E-state index in [1.807, 2.05) is 0 Å². The summed E-state index contributed by atoms with van der Waals surface area (Å²) < 4.78 is 4.76. The predicted octanol–water partition coefficient (Wildman–Crippen LogP) is 3.13. The molecule has 4 aromatic carbocycles. The first-order chi connectivity index (χ1) is 12.3. The maximum absolute atomic E-state index is 9.45. The van der Waals surface area contributed by atoms with E-state index in [-0.39, 0.29) is 26.2 Å². The third-order valence-electron chi connectivity index (χ3n) is 3.40. The average molecular weight is 479 g/mol. The Bertz CT molecular complexity index is 770. The molecule has 0 saturated heterocycles. The summed E-state index contributed by atoms with van der Waals surface area (Å²) in [6, 6.07) is 29.3. The van der Waals surface area contributed by atoms with Crippen LogP contribution in [0, 0.1) is 0 Å². The Labute approximate surface area is 180 Å². The van der Waals surface area contributed by atoms with Crippen molar-refractivity contribution in [3.63, 3.8) is 0 Å². The van der Waals surface area contributed by atoms with E-state index in [2.05, 4.69) is 93.0 Å². The summed E-state index contributed by atoms with van der Waals surface area (Å²) in [5.74, 6) is 0. The summed E-state index contributed by atoms with van der Waals surface area (Å²) >= 11 is -0.953. The normalized spacial score (nSPS) is 8.77. The molecule has 4 aromatic rings. The monoisotopic (exact) mass is 477 g/mol. The minimum Gasteiger partial charge on any atom is -0.168 e. The number of benzene rings is 2. The fourth-order valence-corrected chi connectivity index (χ4v) is 2.74. The van der Waals surface area contributed by atoms with E-state index in [1.165, 1.54) is 21.5 Å². The topological polar surface area (TPSA) is 58.2 Å². The number of amides is 2. The van der Waals surface area contributed by atoms with E-state index in [1.54, 1.807) is 0 Å². The number of rotatable bonds is 4. The molecule has 2 amide bonds. The largest absolute Gasteiger partial charge is 2.00 e. The summed E-state index contributed by atoms with van der Waals surface area (Å²) in [4.78, 5) is 18.9. The first-order valence-electron chi connectivity index (χ1n) is 7.77. The van der Waals surface area contributed by atoms with Crippen molar-refractivity contribution >= 4 is 52.3 Å². The van der Waals surface area contributed by atoms with E-state index in [9.17, 15) is 9.59 Å². The van der Waals surface area contributed by atoms with Crippen LogP contribution < -0.4 is 8.05 Å². The van der Waals surface area contributed by atoms with Gasteiger partial charge in [-0.2, -0.15) is 35.0 Å². The fourth-order valence-electron chi connectivity index (χ4n) is 2.26. The molecular weight excluding hydrogens is 461 g/mol. The molecule has 0 aliphatic heterocycles. The first-order valence-corrected chi connectivity index (χ1v) is 10.2. The van der Waals surface area contributed by atoms with Crippen molar-refractivity contribution in [3.8, 4) is 0 Å². The fraction of sp³-hybridized carbons (Fsp3) is 0. The zero-order valence-electron chi connectivity index (χ0n) is 14.1. The van der Waals surface area contributed by atoms with Crippen LogP contribution in [0.2, 0.25) is 0 Å². The second kappa shape index (κ2) is 13.3. The van der Waals surface area contributed by atoms with E-state index < -0.39 is 17.9 Å². The Hall–Kier alpha value is -1.88. The smallest absolute Gasteiger partial charge is 0.168 e. The standard InChI is InChI=1S/2C9H7.2CH3NO.Ga.Zr/c2*1-2-5-9-7-3-6-8(9)4-1;2*2-1-3;;/h2*1-7H;2*1H,(H2,2,3);;/q2*-1;;;2*+2/p-2. The van der Waals surface area contributed by atoms with E-state index in [4.69, 9.17) is 0 Å². The molecule has 0 atom stereocenters. The number of fused-ring (bicyclic) bond motifs is 2. The SMILES string of the molecule is O=C[NH][Ga][NH]C=O.[Zr+2].c1ccc2[cH-]ccc2c1.c1ccc2[cH-]ccc2c1. The molecule has 26 heavy (non-hydrogen) atoms. The van der Waals surface area contributed by atoms with Crippen LogP contribution in [0.1, 0.15) is 0 Å². The molecular formula is C20H18GaN2O2Zr. The Kier molecular flexibility index (Phi) is 11.4. The van der Waals surface area contributed by atoms with Crippen molar-refractivity contribution in [1.82, 2.24) is 8.05 Å². The summed E-state index contributed by atoms with van der Waals surface area (Å²) in [7, 11) is 0. The van der Waals surface area contributed by atoms with E-state index in [0.29, 0.717) is 12.8 Å². The number of hydrogen-bond acceptors (Lipinski definition) is 2. The molecule has 0 heterocycles. The van der Waals surface area contributed by atoms with Gasteiger partial charge >= 0.3 is 74.6 Å². The van der Waals surface area contributed by atoms with Gasteiger partial charge in [-0.15, -0.1) is 59.3 Å². The van der Waals surface area contributed by atoms with Gasteiger partial charge in [0, 0.05) is 0 Å². The summed E-state index contributed by atoms with van der Waals surface area (Å²) in [6.07, 6.45) is 1.16. The summed E-state index contributed by atoms with van der Waals surface area (Å²) in [5.41, 5.74) is 0.